The van der Waals surface area contributed by atoms with Gasteiger partial charge in [-0.2, -0.15) is 0 Å². The Morgan fingerprint density at radius 2 is 1.70 bits per heavy atom. The monoisotopic (exact) mass is 375 g/mol. The maximum Gasteiger partial charge on any atom is 0.410 e. The van der Waals surface area contributed by atoms with E-state index in [1.54, 1.807) is 18.9 Å². The Morgan fingerprint density at radius 1 is 1.07 bits per heavy atom. The summed E-state index contributed by atoms with van der Waals surface area (Å²) in [6, 6.07) is 7.58. The number of esters is 1. The maximum atomic E-state index is 12.5. The molecule has 27 heavy (non-hydrogen) atoms. The lowest BCUT2D eigenvalue weighted by Crippen LogP contribution is -2.37. The van der Waals surface area contributed by atoms with E-state index in [0.29, 0.717) is 38.1 Å². The summed E-state index contributed by atoms with van der Waals surface area (Å²) >= 11 is 0. The molecule has 148 valence electrons. The fraction of sp³-hybridized carbons (Fsp3) is 0.524. The molecule has 0 spiro atoms. The van der Waals surface area contributed by atoms with Crippen LogP contribution in [0.15, 0.2) is 29.8 Å². The highest BCUT2D eigenvalue weighted by Crippen LogP contribution is 2.30. The summed E-state index contributed by atoms with van der Waals surface area (Å²) in [6.07, 6.45) is 0.626. The van der Waals surface area contributed by atoms with Gasteiger partial charge in [0, 0.05) is 18.7 Å². The zero-order valence-corrected chi connectivity index (χ0v) is 16.8. The van der Waals surface area contributed by atoms with Crippen molar-refractivity contribution >= 4 is 17.6 Å². The lowest BCUT2D eigenvalue weighted by molar-refractivity contribution is -0.138. The molecule has 1 aliphatic heterocycles. The highest BCUT2D eigenvalue weighted by molar-refractivity contribution is 5.98. The molecule has 2 rings (SSSR count). The van der Waals surface area contributed by atoms with Gasteiger partial charge < -0.3 is 19.1 Å². The molecular weight excluding hydrogens is 346 g/mol. The van der Waals surface area contributed by atoms with E-state index in [-0.39, 0.29) is 12.1 Å². The molecule has 0 atom stereocenters. The molecule has 0 fully saturated rings. The lowest BCUT2D eigenvalue weighted by atomic mass is 9.96. The normalized spacial score (nSPS) is 15.2. The lowest BCUT2D eigenvalue weighted by Gasteiger charge is -2.26. The molecule has 0 radical (unpaired) electrons. The molecule has 1 aromatic carbocycles. The number of benzene rings is 1. The van der Waals surface area contributed by atoms with Crippen molar-refractivity contribution in [1.29, 1.82) is 0 Å². The van der Waals surface area contributed by atoms with Crippen LogP contribution in [-0.4, -0.2) is 49.4 Å². The molecule has 0 bridgehead atoms. The Bertz CT molecular complexity index is 700. The Labute approximate surface area is 161 Å². The largest absolute Gasteiger partial charge is 0.497 e. The Balaban J connectivity index is 2.28. The number of ether oxygens (including phenoxy) is 3. The van der Waals surface area contributed by atoms with E-state index in [0.717, 1.165) is 16.9 Å². The van der Waals surface area contributed by atoms with Gasteiger partial charge in [-0.05, 0) is 63.8 Å². The Kier molecular flexibility index (Phi) is 6.88. The van der Waals surface area contributed by atoms with Crippen LogP contribution in [0.5, 0.6) is 5.75 Å². The van der Waals surface area contributed by atoms with E-state index in [9.17, 15) is 9.59 Å². The number of carbonyl (C=O) groups excluding carboxylic acids is 2. The van der Waals surface area contributed by atoms with Crippen molar-refractivity contribution in [2.45, 2.75) is 46.1 Å². The summed E-state index contributed by atoms with van der Waals surface area (Å²) in [5.74, 6) is 0.426. The van der Waals surface area contributed by atoms with Crippen LogP contribution in [0.1, 0.15) is 46.1 Å². The van der Waals surface area contributed by atoms with Crippen LogP contribution in [0.4, 0.5) is 4.79 Å². The molecule has 0 N–H and O–H groups in total. The minimum atomic E-state index is -0.556. The van der Waals surface area contributed by atoms with Crippen molar-refractivity contribution in [3.8, 4) is 5.75 Å². The molecule has 1 heterocycles. The quantitative estimate of drug-likeness (QED) is 0.743. The number of nitrogens with zero attached hydrogens (tertiary/aromatic N) is 1. The minimum Gasteiger partial charge on any atom is -0.497 e. The minimum absolute atomic E-state index is 0.313. The third-order valence-electron chi connectivity index (χ3n) is 4.24. The molecule has 6 nitrogen and oxygen atoms in total. The molecule has 1 aromatic rings. The SMILES string of the molecule is CCOC(=O)C1=C(c2ccc(OC)cc2)CCN(C(=O)OC(C)(C)C)CC1. The molecular formula is C21H29NO5. The predicted molar refractivity (Wildman–Crippen MR) is 104 cm³/mol. The van der Waals surface area contributed by atoms with Crippen molar-refractivity contribution in [3.05, 3.63) is 35.4 Å². The summed E-state index contributed by atoms with van der Waals surface area (Å²) in [5, 5.41) is 0. The van der Waals surface area contributed by atoms with E-state index >= 15 is 0 Å². The molecule has 0 aromatic heterocycles. The Hall–Kier alpha value is -2.50. The third-order valence-corrected chi connectivity index (χ3v) is 4.24. The highest BCUT2D eigenvalue weighted by Gasteiger charge is 2.28. The van der Waals surface area contributed by atoms with Crippen LogP contribution >= 0.6 is 0 Å². The first-order chi connectivity index (χ1) is 12.7. The maximum absolute atomic E-state index is 12.5. The second-order valence-electron chi connectivity index (χ2n) is 7.37. The first kappa shape index (κ1) is 20.8. The van der Waals surface area contributed by atoms with E-state index in [1.807, 2.05) is 45.0 Å². The number of hydrogen-bond acceptors (Lipinski definition) is 5. The van der Waals surface area contributed by atoms with Crippen LogP contribution in [-0.2, 0) is 14.3 Å². The third kappa shape index (κ3) is 5.74. The average molecular weight is 375 g/mol. The van der Waals surface area contributed by atoms with Crippen molar-refractivity contribution < 1.29 is 23.8 Å². The van der Waals surface area contributed by atoms with Crippen molar-refractivity contribution in [2.24, 2.45) is 0 Å². The van der Waals surface area contributed by atoms with Gasteiger partial charge in [-0.15, -0.1) is 0 Å². The fourth-order valence-corrected chi connectivity index (χ4v) is 2.97. The molecule has 0 saturated heterocycles. The summed E-state index contributed by atoms with van der Waals surface area (Å²) in [5.41, 5.74) is 1.90. The van der Waals surface area contributed by atoms with Gasteiger partial charge in [0.05, 0.1) is 13.7 Å². The average Bonchev–Trinajstić information content (AvgIpc) is 2.83. The second-order valence-corrected chi connectivity index (χ2v) is 7.37. The summed E-state index contributed by atoms with van der Waals surface area (Å²) in [7, 11) is 1.61. The smallest absolute Gasteiger partial charge is 0.410 e. The summed E-state index contributed by atoms with van der Waals surface area (Å²) in [4.78, 5) is 26.6. The van der Waals surface area contributed by atoms with Crippen LogP contribution in [0.3, 0.4) is 0 Å². The van der Waals surface area contributed by atoms with E-state index < -0.39 is 5.60 Å². The van der Waals surface area contributed by atoms with Gasteiger partial charge in [-0.1, -0.05) is 12.1 Å². The van der Waals surface area contributed by atoms with Gasteiger partial charge in [0.1, 0.15) is 11.4 Å². The van der Waals surface area contributed by atoms with E-state index in [2.05, 4.69) is 0 Å². The number of amides is 1. The molecule has 0 saturated carbocycles. The van der Waals surface area contributed by atoms with Crippen molar-refractivity contribution in [3.63, 3.8) is 0 Å². The van der Waals surface area contributed by atoms with Gasteiger partial charge in [0.2, 0.25) is 0 Å². The molecule has 6 heteroatoms. The Morgan fingerprint density at radius 3 is 2.26 bits per heavy atom. The van der Waals surface area contributed by atoms with E-state index in [1.165, 1.54) is 0 Å². The van der Waals surface area contributed by atoms with Crippen molar-refractivity contribution in [1.82, 2.24) is 4.90 Å². The van der Waals surface area contributed by atoms with Crippen LogP contribution in [0, 0.1) is 0 Å². The molecule has 1 amide bonds. The van der Waals surface area contributed by atoms with Crippen LogP contribution in [0.25, 0.3) is 5.57 Å². The highest BCUT2D eigenvalue weighted by atomic mass is 16.6. The fourth-order valence-electron chi connectivity index (χ4n) is 2.97. The second kappa shape index (κ2) is 8.93. The van der Waals surface area contributed by atoms with Crippen molar-refractivity contribution in [2.75, 3.05) is 26.8 Å². The number of hydrogen-bond donors (Lipinski definition) is 0. The topological polar surface area (TPSA) is 65.1 Å². The van der Waals surface area contributed by atoms with Gasteiger partial charge in [-0.3, -0.25) is 0 Å². The zero-order chi connectivity index (χ0) is 20.0. The van der Waals surface area contributed by atoms with Gasteiger partial charge >= 0.3 is 12.1 Å². The standard InChI is InChI=1S/C21H29NO5/c1-6-26-19(23)18-12-14-22(20(24)27-21(2,3)4)13-11-17(18)15-7-9-16(25-5)10-8-15/h7-10H,6,11-14H2,1-5H3. The predicted octanol–water partition coefficient (Wildman–Crippen LogP) is 4.04. The molecule has 0 aliphatic carbocycles. The summed E-state index contributed by atoms with van der Waals surface area (Å²) < 4.78 is 15.9. The summed E-state index contributed by atoms with van der Waals surface area (Å²) in [6.45, 7) is 8.53. The molecule has 1 aliphatic rings. The van der Waals surface area contributed by atoms with Gasteiger partial charge in [0.25, 0.3) is 0 Å². The van der Waals surface area contributed by atoms with Gasteiger partial charge in [0.15, 0.2) is 0 Å². The molecule has 0 unspecified atom stereocenters. The number of rotatable bonds is 4. The van der Waals surface area contributed by atoms with E-state index in [4.69, 9.17) is 14.2 Å². The van der Waals surface area contributed by atoms with Crippen LogP contribution < -0.4 is 4.74 Å². The first-order valence-corrected chi connectivity index (χ1v) is 9.26. The zero-order valence-electron chi connectivity index (χ0n) is 16.8. The number of carbonyl (C=O) groups is 2. The first-order valence-electron chi connectivity index (χ1n) is 9.26. The van der Waals surface area contributed by atoms with Crippen LogP contribution in [0.2, 0.25) is 0 Å². The number of methoxy groups -OCH3 is 1. The van der Waals surface area contributed by atoms with Gasteiger partial charge in [-0.25, -0.2) is 9.59 Å².